The maximum absolute atomic E-state index is 13.1. The van der Waals surface area contributed by atoms with Gasteiger partial charge in [-0.3, -0.25) is 14.2 Å². The Morgan fingerprint density at radius 2 is 2.12 bits per heavy atom. The zero-order valence-electron chi connectivity index (χ0n) is 14.0. The van der Waals surface area contributed by atoms with Crippen LogP contribution in [0.4, 0.5) is 0 Å². The Labute approximate surface area is 141 Å². The van der Waals surface area contributed by atoms with Crippen molar-refractivity contribution in [2.24, 2.45) is 7.05 Å². The van der Waals surface area contributed by atoms with Crippen LogP contribution in [-0.4, -0.2) is 56.7 Å². The van der Waals surface area contributed by atoms with Gasteiger partial charge in [0, 0.05) is 57.9 Å². The lowest BCUT2D eigenvalue weighted by molar-refractivity contribution is 0.0766. The van der Waals surface area contributed by atoms with E-state index in [1.807, 2.05) is 35.1 Å². The van der Waals surface area contributed by atoms with Crippen molar-refractivity contribution in [2.45, 2.75) is 31.2 Å². The molecular weight excluding hydrogens is 306 g/mol. The average Bonchev–Trinajstić information content (AvgIpc) is 3.34. The summed E-state index contributed by atoms with van der Waals surface area (Å²) in [4.78, 5) is 15.0. The van der Waals surface area contributed by atoms with Gasteiger partial charge in [0.2, 0.25) is 0 Å². The highest BCUT2D eigenvalue weighted by Crippen LogP contribution is 2.30. The zero-order valence-corrected chi connectivity index (χ0v) is 14.0. The van der Waals surface area contributed by atoms with Crippen LogP contribution in [0.3, 0.4) is 0 Å². The highest BCUT2D eigenvalue weighted by Gasteiger charge is 2.32. The van der Waals surface area contributed by atoms with E-state index < -0.39 is 0 Å². The van der Waals surface area contributed by atoms with Crippen molar-refractivity contribution >= 4 is 5.91 Å². The highest BCUT2D eigenvalue weighted by molar-refractivity contribution is 5.95. The van der Waals surface area contributed by atoms with Crippen LogP contribution in [0.2, 0.25) is 0 Å². The molecule has 2 aromatic heterocycles. The number of amides is 1. The fourth-order valence-corrected chi connectivity index (χ4v) is 3.75. The molecule has 24 heavy (non-hydrogen) atoms. The fourth-order valence-electron chi connectivity index (χ4n) is 3.75. The number of carbonyl (C=O) groups excluding carboxylic acids is 1. The molecule has 0 saturated carbocycles. The third kappa shape index (κ3) is 2.84. The molecule has 1 amide bonds. The molecule has 7 nitrogen and oxygen atoms in total. The normalized spacial score (nSPS) is 22.2. The Bertz CT molecular complexity index is 703. The number of hydrogen-bond acceptors (Lipinski definition) is 4. The quantitative estimate of drug-likeness (QED) is 0.858. The molecule has 4 rings (SSSR count). The third-order valence-corrected chi connectivity index (χ3v) is 5.05. The number of ether oxygens (including phenoxy) is 1. The smallest absolute Gasteiger partial charge is 0.257 e. The molecule has 1 atom stereocenters. The average molecular weight is 329 g/mol. The molecule has 4 heterocycles. The van der Waals surface area contributed by atoms with Crippen molar-refractivity contribution in [3.8, 4) is 0 Å². The number of aryl methyl sites for hydroxylation is 1. The van der Waals surface area contributed by atoms with E-state index in [-0.39, 0.29) is 11.9 Å². The Morgan fingerprint density at radius 1 is 1.29 bits per heavy atom. The maximum Gasteiger partial charge on any atom is 0.257 e. The minimum atomic E-state index is 0.0965. The number of rotatable bonds is 3. The summed E-state index contributed by atoms with van der Waals surface area (Å²) in [6.45, 7) is 2.98. The standard InChI is InChI=1S/C17H23N5O2/c1-20-12-15(16(19-20)13-4-9-24-10-5-13)17(23)21-8-3-14(11-21)22-7-2-6-18-22/h2,6-7,12-14H,3-5,8-11H2,1H3. The molecule has 1 unspecified atom stereocenters. The van der Waals surface area contributed by atoms with E-state index in [2.05, 4.69) is 10.2 Å². The molecule has 0 N–H and O–H groups in total. The summed E-state index contributed by atoms with van der Waals surface area (Å²) >= 11 is 0. The summed E-state index contributed by atoms with van der Waals surface area (Å²) < 4.78 is 9.16. The van der Waals surface area contributed by atoms with Crippen molar-refractivity contribution < 1.29 is 9.53 Å². The summed E-state index contributed by atoms with van der Waals surface area (Å²) in [6, 6.07) is 2.20. The van der Waals surface area contributed by atoms with E-state index >= 15 is 0 Å². The van der Waals surface area contributed by atoms with Crippen LogP contribution in [0.15, 0.2) is 24.7 Å². The summed E-state index contributed by atoms with van der Waals surface area (Å²) in [5, 5.41) is 8.90. The molecule has 128 valence electrons. The first-order valence-corrected chi connectivity index (χ1v) is 8.62. The predicted molar refractivity (Wildman–Crippen MR) is 87.8 cm³/mol. The largest absolute Gasteiger partial charge is 0.381 e. The topological polar surface area (TPSA) is 65.2 Å². The molecule has 2 aliphatic rings. The van der Waals surface area contributed by atoms with Crippen LogP contribution >= 0.6 is 0 Å². The molecule has 0 aliphatic carbocycles. The SMILES string of the molecule is Cn1cc(C(=O)N2CCC(n3cccn3)C2)c(C2CCOCC2)n1. The first-order chi connectivity index (χ1) is 11.7. The Hall–Kier alpha value is -2.15. The molecule has 7 heteroatoms. The number of hydrogen-bond donors (Lipinski definition) is 0. The Kier molecular flexibility index (Phi) is 4.10. The van der Waals surface area contributed by atoms with E-state index in [1.54, 1.807) is 10.9 Å². The minimum absolute atomic E-state index is 0.0965. The molecule has 0 spiro atoms. The van der Waals surface area contributed by atoms with Gasteiger partial charge in [-0.1, -0.05) is 0 Å². The monoisotopic (exact) mass is 329 g/mol. The number of carbonyl (C=O) groups is 1. The zero-order chi connectivity index (χ0) is 16.5. The van der Waals surface area contributed by atoms with E-state index in [1.165, 1.54) is 0 Å². The van der Waals surface area contributed by atoms with Crippen LogP contribution in [0.25, 0.3) is 0 Å². The van der Waals surface area contributed by atoms with Gasteiger partial charge in [-0.15, -0.1) is 0 Å². The van der Waals surface area contributed by atoms with E-state index in [4.69, 9.17) is 4.74 Å². The van der Waals surface area contributed by atoms with E-state index in [0.717, 1.165) is 50.3 Å². The third-order valence-electron chi connectivity index (χ3n) is 5.05. The number of likely N-dealkylation sites (tertiary alicyclic amines) is 1. The second-order valence-electron chi connectivity index (χ2n) is 6.67. The predicted octanol–water partition coefficient (Wildman–Crippen LogP) is 1.60. The van der Waals surface area contributed by atoms with Gasteiger partial charge in [-0.2, -0.15) is 10.2 Å². The molecule has 0 bridgehead atoms. The van der Waals surface area contributed by atoms with Crippen LogP contribution in [0.1, 0.15) is 47.3 Å². The summed E-state index contributed by atoms with van der Waals surface area (Å²) in [5.41, 5.74) is 1.69. The lowest BCUT2D eigenvalue weighted by Crippen LogP contribution is -2.30. The molecule has 0 radical (unpaired) electrons. The van der Waals surface area contributed by atoms with Crippen LogP contribution in [0.5, 0.6) is 0 Å². The van der Waals surface area contributed by atoms with Crippen LogP contribution < -0.4 is 0 Å². The van der Waals surface area contributed by atoms with Crippen molar-refractivity contribution in [3.05, 3.63) is 35.9 Å². The van der Waals surface area contributed by atoms with Crippen molar-refractivity contribution in [1.29, 1.82) is 0 Å². The Balaban J connectivity index is 1.52. The van der Waals surface area contributed by atoms with Gasteiger partial charge in [0.15, 0.2) is 0 Å². The van der Waals surface area contributed by atoms with Gasteiger partial charge < -0.3 is 9.64 Å². The van der Waals surface area contributed by atoms with E-state index in [0.29, 0.717) is 12.5 Å². The second-order valence-corrected chi connectivity index (χ2v) is 6.67. The van der Waals surface area contributed by atoms with Gasteiger partial charge in [-0.25, -0.2) is 0 Å². The van der Waals surface area contributed by atoms with Gasteiger partial charge in [0.1, 0.15) is 0 Å². The van der Waals surface area contributed by atoms with Crippen molar-refractivity contribution in [1.82, 2.24) is 24.5 Å². The molecule has 2 fully saturated rings. The van der Waals surface area contributed by atoms with E-state index in [9.17, 15) is 4.79 Å². The first kappa shape index (κ1) is 15.4. The number of aromatic nitrogens is 4. The molecule has 0 aromatic carbocycles. The fraction of sp³-hybridized carbons (Fsp3) is 0.588. The number of nitrogens with zero attached hydrogens (tertiary/aromatic N) is 5. The summed E-state index contributed by atoms with van der Waals surface area (Å²) in [7, 11) is 1.89. The second kappa shape index (κ2) is 6.39. The lowest BCUT2D eigenvalue weighted by Gasteiger charge is -2.22. The summed E-state index contributed by atoms with van der Waals surface area (Å²) in [6.07, 6.45) is 8.44. The van der Waals surface area contributed by atoms with Crippen molar-refractivity contribution in [2.75, 3.05) is 26.3 Å². The lowest BCUT2D eigenvalue weighted by atomic mass is 9.93. The first-order valence-electron chi connectivity index (χ1n) is 8.62. The van der Waals surface area contributed by atoms with Crippen LogP contribution in [0, 0.1) is 0 Å². The Morgan fingerprint density at radius 3 is 2.88 bits per heavy atom. The minimum Gasteiger partial charge on any atom is -0.381 e. The molecule has 2 aromatic rings. The highest BCUT2D eigenvalue weighted by atomic mass is 16.5. The van der Waals surface area contributed by atoms with Crippen LogP contribution in [-0.2, 0) is 11.8 Å². The maximum atomic E-state index is 13.1. The van der Waals surface area contributed by atoms with Gasteiger partial charge >= 0.3 is 0 Å². The molecule has 2 saturated heterocycles. The molecule has 2 aliphatic heterocycles. The van der Waals surface area contributed by atoms with Gasteiger partial charge in [0.25, 0.3) is 5.91 Å². The summed E-state index contributed by atoms with van der Waals surface area (Å²) in [5.74, 6) is 0.419. The van der Waals surface area contributed by atoms with Crippen molar-refractivity contribution in [3.63, 3.8) is 0 Å². The van der Waals surface area contributed by atoms with Gasteiger partial charge in [0.05, 0.1) is 17.3 Å². The molecular formula is C17H23N5O2. The van der Waals surface area contributed by atoms with Gasteiger partial charge in [-0.05, 0) is 25.3 Å².